The van der Waals surface area contributed by atoms with E-state index in [1.165, 1.54) is 31.2 Å². The molecule has 0 spiro atoms. The summed E-state index contributed by atoms with van der Waals surface area (Å²) in [6.07, 6.45) is -4.45. The summed E-state index contributed by atoms with van der Waals surface area (Å²) in [5.41, 5.74) is -0.720. The number of alkyl halides is 3. The molecular formula is C13H15BrF3NO2. The van der Waals surface area contributed by atoms with E-state index in [2.05, 4.69) is 20.7 Å². The summed E-state index contributed by atoms with van der Waals surface area (Å²) in [6, 6.07) is 3.73. The Morgan fingerprint density at radius 3 is 2.55 bits per heavy atom. The highest BCUT2D eigenvalue weighted by Gasteiger charge is 2.34. The second kappa shape index (κ2) is 6.47. The van der Waals surface area contributed by atoms with Crippen LogP contribution in [0.1, 0.15) is 12.5 Å². The van der Waals surface area contributed by atoms with Gasteiger partial charge in [-0.2, -0.15) is 13.2 Å². The predicted molar refractivity (Wildman–Crippen MR) is 73.6 cm³/mol. The third kappa shape index (κ3) is 4.13. The molecule has 112 valence electrons. The molecule has 1 unspecified atom stereocenters. The highest BCUT2D eigenvalue weighted by molar-refractivity contribution is 9.10. The van der Waals surface area contributed by atoms with E-state index in [-0.39, 0.29) is 12.2 Å². The Bertz CT molecular complexity index is 491. The zero-order chi connectivity index (χ0) is 15.5. The first-order valence-corrected chi connectivity index (χ1v) is 6.61. The van der Waals surface area contributed by atoms with Crippen molar-refractivity contribution in [3.63, 3.8) is 0 Å². The maximum Gasteiger partial charge on any atom is 0.418 e. The third-order valence-corrected chi connectivity index (χ3v) is 3.32. The van der Waals surface area contributed by atoms with Crippen molar-refractivity contribution in [3.05, 3.63) is 28.2 Å². The first kappa shape index (κ1) is 16.8. The van der Waals surface area contributed by atoms with Crippen LogP contribution in [0.5, 0.6) is 0 Å². The van der Waals surface area contributed by atoms with Crippen molar-refractivity contribution < 1.29 is 22.7 Å². The first-order valence-electron chi connectivity index (χ1n) is 5.82. The van der Waals surface area contributed by atoms with Gasteiger partial charge in [0.05, 0.1) is 18.6 Å². The van der Waals surface area contributed by atoms with Gasteiger partial charge in [0.15, 0.2) is 0 Å². The van der Waals surface area contributed by atoms with Crippen LogP contribution in [0.25, 0.3) is 0 Å². The predicted octanol–water partition coefficient (Wildman–Crippen LogP) is 3.71. The van der Waals surface area contributed by atoms with Crippen molar-refractivity contribution in [1.29, 1.82) is 0 Å². The minimum atomic E-state index is -4.45. The monoisotopic (exact) mass is 353 g/mol. The van der Waals surface area contributed by atoms with Crippen molar-refractivity contribution in [1.82, 2.24) is 0 Å². The molecule has 0 aliphatic carbocycles. The zero-order valence-electron chi connectivity index (χ0n) is 11.3. The summed E-state index contributed by atoms with van der Waals surface area (Å²) in [7, 11) is 2.76. The molecule has 1 rings (SSSR count). The van der Waals surface area contributed by atoms with Gasteiger partial charge in [-0.25, -0.2) is 0 Å². The summed E-state index contributed by atoms with van der Waals surface area (Å²) >= 11 is 3.15. The van der Waals surface area contributed by atoms with Crippen LogP contribution in [0.3, 0.4) is 0 Å². The molecule has 0 heterocycles. The fourth-order valence-corrected chi connectivity index (χ4v) is 2.19. The SMILES string of the molecule is COC(=O)C(C)CN(C)c1cc(Br)ccc1C(F)(F)F. The van der Waals surface area contributed by atoms with Gasteiger partial charge in [0.2, 0.25) is 0 Å². The van der Waals surface area contributed by atoms with E-state index in [0.29, 0.717) is 4.47 Å². The van der Waals surface area contributed by atoms with E-state index in [4.69, 9.17) is 0 Å². The minimum absolute atomic E-state index is 0.0163. The minimum Gasteiger partial charge on any atom is -0.469 e. The highest BCUT2D eigenvalue weighted by atomic mass is 79.9. The third-order valence-electron chi connectivity index (χ3n) is 2.83. The molecule has 7 heteroatoms. The highest BCUT2D eigenvalue weighted by Crippen LogP contribution is 2.37. The Labute approximate surface area is 123 Å². The number of esters is 1. The standard InChI is InChI=1S/C13H15BrF3NO2/c1-8(12(19)20-3)7-18(2)11-6-9(14)4-5-10(11)13(15,16)17/h4-6,8H,7H2,1-3H3. The molecule has 0 aliphatic heterocycles. The molecule has 0 aliphatic rings. The van der Waals surface area contributed by atoms with Crippen LogP contribution in [0.2, 0.25) is 0 Å². The van der Waals surface area contributed by atoms with E-state index in [1.807, 2.05) is 0 Å². The lowest BCUT2D eigenvalue weighted by Crippen LogP contribution is -2.30. The normalized spacial score (nSPS) is 12.9. The van der Waals surface area contributed by atoms with Crippen LogP contribution < -0.4 is 4.90 Å². The lowest BCUT2D eigenvalue weighted by Gasteiger charge is -2.25. The van der Waals surface area contributed by atoms with Crippen molar-refractivity contribution in [3.8, 4) is 0 Å². The smallest absolute Gasteiger partial charge is 0.418 e. The van der Waals surface area contributed by atoms with Crippen LogP contribution >= 0.6 is 15.9 Å². The topological polar surface area (TPSA) is 29.5 Å². The van der Waals surface area contributed by atoms with Gasteiger partial charge in [0.25, 0.3) is 0 Å². The summed E-state index contributed by atoms with van der Waals surface area (Å²) < 4.78 is 44.0. The number of carbonyl (C=O) groups is 1. The molecule has 0 fully saturated rings. The average molecular weight is 354 g/mol. The van der Waals surface area contributed by atoms with Gasteiger partial charge in [-0.15, -0.1) is 0 Å². The summed E-state index contributed by atoms with van der Waals surface area (Å²) in [4.78, 5) is 12.7. The number of nitrogens with zero attached hydrogens (tertiary/aromatic N) is 1. The number of carbonyl (C=O) groups excluding carboxylic acids is 1. The molecule has 1 atom stereocenters. The number of halogens is 4. The van der Waals surface area contributed by atoms with Crippen molar-refractivity contribution in [2.24, 2.45) is 5.92 Å². The number of hydrogen-bond acceptors (Lipinski definition) is 3. The van der Waals surface area contributed by atoms with Gasteiger partial charge < -0.3 is 9.64 Å². The fraction of sp³-hybridized carbons (Fsp3) is 0.462. The zero-order valence-corrected chi connectivity index (χ0v) is 12.9. The van der Waals surface area contributed by atoms with Gasteiger partial charge in [-0.05, 0) is 18.2 Å². The van der Waals surface area contributed by atoms with Crippen LogP contribution in [0, 0.1) is 5.92 Å². The molecule has 1 aromatic carbocycles. The molecule has 0 bridgehead atoms. The molecule has 0 saturated heterocycles. The number of hydrogen-bond donors (Lipinski definition) is 0. The largest absolute Gasteiger partial charge is 0.469 e. The van der Waals surface area contributed by atoms with Crippen LogP contribution in [0.4, 0.5) is 18.9 Å². The van der Waals surface area contributed by atoms with Crippen molar-refractivity contribution >= 4 is 27.6 Å². The Morgan fingerprint density at radius 2 is 2.05 bits per heavy atom. The Hall–Kier alpha value is -1.24. The lowest BCUT2D eigenvalue weighted by atomic mass is 10.1. The lowest BCUT2D eigenvalue weighted by molar-refractivity contribution is -0.144. The van der Waals surface area contributed by atoms with Crippen molar-refractivity contribution in [2.75, 3.05) is 25.6 Å². The van der Waals surface area contributed by atoms with E-state index in [9.17, 15) is 18.0 Å². The van der Waals surface area contributed by atoms with Gasteiger partial charge in [0.1, 0.15) is 0 Å². The average Bonchev–Trinajstić information content (AvgIpc) is 2.35. The molecule has 0 amide bonds. The quantitative estimate of drug-likeness (QED) is 0.772. The van der Waals surface area contributed by atoms with Crippen LogP contribution in [-0.2, 0) is 15.7 Å². The maximum atomic E-state index is 13.0. The Morgan fingerprint density at radius 1 is 1.45 bits per heavy atom. The van der Waals surface area contributed by atoms with E-state index in [1.54, 1.807) is 6.92 Å². The van der Waals surface area contributed by atoms with Gasteiger partial charge in [-0.1, -0.05) is 22.9 Å². The second-order valence-corrected chi connectivity index (χ2v) is 5.38. The fourth-order valence-electron chi connectivity index (χ4n) is 1.85. The van der Waals surface area contributed by atoms with Gasteiger partial charge in [-0.3, -0.25) is 4.79 Å². The van der Waals surface area contributed by atoms with Crippen molar-refractivity contribution in [2.45, 2.75) is 13.1 Å². The Kier molecular flexibility index (Phi) is 5.44. The van der Waals surface area contributed by atoms with Gasteiger partial charge >= 0.3 is 12.1 Å². The number of rotatable bonds is 4. The molecule has 0 N–H and O–H groups in total. The molecule has 3 nitrogen and oxygen atoms in total. The molecular weight excluding hydrogens is 339 g/mol. The summed E-state index contributed by atoms with van der Waals surface area (Å²) in [5.74, 6) is -0.981. The molecule has 0 aromatic heterocycles. The van der Waals surface area contributed by atoms with E-state index < -0.39 is 23.6 Å². The Balaban J connectivity index is 3.06. The number of methoxy groups -OCH3 is 1. The number of ether oxygens (including phenoxy) is 1. The van der Waals surface area contributed by atoms with Gasteiger partial charge in [0, 0.05) is 23.8 Å². The first-order chi connectivity index (χ1) is 9.16. The molecule has 0 radical (unpaired) electrons. The number of benzene rings is 1. The van der Waals surface area contributed by atoms with Crippen LogP contribution in [-0.4, -0.2) is 26.7 Å². The van der Waals surface area contributed by atoms with Crippen LogP contribution in [0.15, 0.2) is 22.7 Å². The number of anilines is 1. The molecule has 1 aromatic rings. The van der Waals surface area contributed by atoms with E-state index in [0.717, 1.165) is 6.07 Å². The summed E-state index contributed by atoms with van der Waals surface area (Å²) in [6.45, 7) is 1.74. The molecule has 0 saturated carbocycles. The second-order valence-electron chi connectivity index (χ2n) is 4.46. The maximum absolute atomic E-state index is 13.0. The summed E-state index contributed by atoms with van der Waals surface area (Å²) in [5, 5.41) is 0. The van der Waals surface area contributed by atoms with E-state index >= 15 is 0 Å². The molecule has 20 heavy (non-hydrogen) atoms.